The Morgan fingerprint density at radius 3 is 2.89 bits per heavy atom. The summed E-state index contributed by atoms with van der Waals surface area (Å²) < 4.78 is 10.2. The fourth-order valence-electron chi connectivity index (χ4n) is 2.98. The van der Waals surface area contributed by atoms with E-state index in [2.05, 4.69) is 29.2 Å². The molecule has 4 heteroatoms. The fourth-order valence-corrected chi connectivity index (χ4v) is 2.98. The van der Waals surface area contributed by atoms with Crippen LogP contribution < -0.4 is 4.90 Å². The van der Waals surface area contributed by atoms with Gasteiger partial charge in [0, 0.05) is 18.8 Å². The van der Waals surface area contributed by atoms with E-state index < -0.39 is 5.41 Å². The summed E-state index contributed by atoms with van der Waals surface area (Å²) in [4.78, 5) is 14.3. The second-order valence-electron chi connectivity index (χ2n) is 5.42. The molecule has 4 nitrogen and oxygen atoms in total. The van der Waals surface area contributed by atoms with Crippen molar-refractivity contribution < 1.29 is 14.3 Å². The lowest BCUT2D eigenvalue weighted by molar-refractivity contribution is -0.181. The van der Waals surface area contributed by atoms with Gasteiger partial charge in [-0.05, 0) is 24.5 Å². The molecule has 102 valence electrons. The number of esters is 1. The highest BCUT2D eigenvalue weighted by Gasteiger charge is 2.48. The summed E-state index contributed by atoms with van der Waals surface area (Å²) >= 11 is 0. The zero-order valence-corrected chi connectivity index (χ0v) is 11.2. The van der Waals surface area contributed by atoms with Crippen LogP contribution in [-0.2, 0) is 20.7 Å². The first kappa shape index (κ1) is 12.5. The number of hydrogen-bond donors (Lipinski definition) is 0. The minimum Gasteiger partial charge on any atom is -0.468 e. The second kappa shape index (κ2) is 4.85. The Morgan fingerprint density at radius 1 is 1.42 bits per heavy atom. The first-order chi connectivity index (χ1) is 9.25. The summed E-state index contributed by atoms with van der Waals surface area (Å²) in [6.07, 6.45) is 2.25. The Morgan fingerprint density at radius 2 is 2.21 bits per heavy atom. The lowest BCUT2D eigenvalue weighted by atomic mass is 9.84. The topological polar surface area (TPSA) is 38.8 Å². The van der Waals surface area contributed by atoms with Gasteiger partial charge in [-0.1, -0.05) is 18.2 Å². The molecule has 0 saturated carbocycles. The number of fused-ring (bicyclic) bond motifs is 1. The Hall–Kier alpha value is -1.55. The molecule has 0 aromatic heterocycles. The van der Waals surface area contributed by atoms with Gasteiger partial charge in [-0.15, -0.1) is 0 Å². The number of anilines is 1. The van der Waals surface area contributed by atoms with Gasteiger partial charge < -0.3 is 14.4 Å². The molecule has 1 saturated heterocycles. The summed E-state index contributed by atoms with van der Waals surface area (Å²) in [5, 5.41) is 0. The SMILES string of the molecule is COC(=O)C1(CN2CCCc3ccccc32)COC1. The minimum absolute atomic E-state index is 0.151. The molecule has 3 rings (SSSR count). The zero-order valence-electron chi connectivity index (χ0n) is 11.2. The zero-order chi connectivity index (χ0) is 13.3. The van der Waals surface area contributed by atoms with Crippen molar-refractivity contribution in [1.82, 2.24) is 0 Å². The summed E-state index contributed by atoms with van der Waals surface area (Å²) in [6, 6.07) is 8.44. The van der Waals surface area contributed by atoms with Crippen LogP contribution in [0.25, 0.3) is 0 Å². The van der Waals surface area contributed by atoms with Gasteiger partial charge in [0.25, 0.3) is 0 Å². The van der Waals surface area contributed by atoms with E-state index in [9.17, 15) is 4.79 Å². The van der Waals surface area contributed by atoms with Crippen LogP contribution in [0, 0.1) is 5.41 Å². The van der Waals surface area contributed by atoms with Gasteiger partial charge >= 0.3 is 5.97 Å². The Balaban J connectivity index is 1.82. The van der Waals surface area contributed by atoms with Crippen molar-refractivity contribution >= 4 is 11.7 Å². The van der Waals surface area contributed by atoms with Gasteiger partial charge in [0.2, 0.25) is 0 Å². The number of ether oxygens (including phenoxy) is 2. The number of para-hydroxylation sites is 1. The van der Waals surface area contributed by atoms with E-state index in [-0.39, 0.29) is 5.97 Å². The fraction of sp³-hybridized carbons (Fsp3) is 0.533. The third kappa shape index (κ3) is 2.10. The van der Waals surface area contributed by atoms with Crippen molar-refractivity contribution in [3.05, 3.63) is 29.8 Å². The molecule has 2 heterocycles. The summed E-state index contributed by atoms with van der Waals surface area (Å²) in [7, 11) is 1.45. The maximum Gasteiger partial charge on any atom is 0.318 e. The van der Waals surface area contributed by atoms with Crippen molar-refractivity contribution in [2.24, 2.45) is 5.41 Å². The maximum absolute atomic E-state index is 12.0. The van der Waals surface area contributed by atoms with Crippen molar-refractivity contribution in [2.75, 3.05) is 38.3 Å². The number of methoxy groups -OCH3 is 1. The van der Waals surface area contributed by atoms with E-state index in [4.69, 9.17) is 9.47 Å². The van der Waals surface area contributed by atoms with E-state index in [1.54, 1.807) is 0 Å². The number of hydrogen-bond acceptors (Lipinski definition) is 4. The first-order valence-electron chi connectivity index (χ1n) is 6.74. The second-order valence-corrected chi connectivity index (χ2v) is 5.42. The molecule has 0 unspecified atom stereocenters. The molecule has 2 aliphatic rings. The largest absolute Gasteiger partial charge is 0.468 e. The smallest absolute Gasteiger partial charge is 0.318 e. The molecule has 1 fully saturated rings. The summed E-state index contributed by atoms with van der Waals surface area (Å²) in [6.45, 7) is 2.63. The van der Waals surface area contributed by atoms with Crippen LogP contribution in [-0.4, -0.2) is 39.4 Å². The highest BCUT2D eigenvalue weighted by Crippen LogP contribution is 2.35. The van der Waals surface area contributed by atoms with Crippen molar-refractivity contribution in [3.8, 4) is 0 Å². The van der Waals surface area contributed by atoms with Crippen LogP contribution in [0.4, 0.5) is 5.69 Å². The van der Waals surface area contributed by atoms with Gasteiger partial charge in [-0.25, -0.2) is 0 Å². The molecule has 0 amide bonds. The van der Waals surface area contributed by atoms with Crippen molar-refractivity contribution in [2.45, 2.75) is 12.8 Å². The summed E-state index contributed by atoms with van der Waals surface area (Å²) in [5.41, 5.74) is 2.15. The molecule has 1 aromatic carbocycles. The van der Waals surface area contributed by atoms with Crippen LogP contribution >= 0.6 is 0 Å². The average molecular weight is 261 g/mol. The minimum atomic E-state index is -0.473. The Kier molecular flexibility index (Phi) is 3.19. The normalized spacial score (nSPS) is 20.4. The molecule has 0 N–H and O–H groups in total. The molecule has 19 heavy (non-hydrogen) atoms. The van der Waals surface area contributed by atoms with Crippen LogP contribution in [0.15, 0.2) is 24.3 Å². The van der Waals surface area contributed by atoms with Crippen LogP contribution in [0.1, 0.15) is 12.0 Å². The van der Waals surface area contributed by atoms with Gasteiger partial charge in [0.15, 0.2) is 0 Å². The number of carbonyl (C=O) groups excluding carboxylic acids is 1. The van der Waals surface area contributed by atoms with E-state index in [0.717, 1.165) is 19.4 Å². The predicted octanol–water partition coefficient (Wildman–Crippen LogP) is 1.63. The lowest BCUT2D eigenvalue weighted by Crippen LogP contribution is -2.57. The Labute approximate surface area is 113 Å². The van der Waals surface area contributed by atoms with Crippen LogP contribution in [0.3, 0.4) is 0 Å². The van der Waals surface area contributed by atoms with E-state index in [1.165, 1.54) is 18.4 Å². The van der Waals surface area contributed by atoms with Gasteiger partial charge in [0.1, 0.15) is 5.41 Å². The molecule has 0 atom stereocenters. The number of nitrogens with zero attached hydrogens (tertiary/aromatic N) is 1. The van der Waals surface area contributed by atoms with Crippen molar-refractivity contribution in [1.29, 1.82) is 0 Å². The third-order valence-corrected chi connectivity index (χ3v) is 4.08. The summed E-state index contributed by atoms with van der Waals surface area (Å²) in [5.74, 6) is -0.151. The molecule has 2 aliphatic heterocycles. The van der Waals surface area contributed by atoms with E-state index in [0.29, 0.717) is 19.8 Å². The molecule has 0 aliphatic carbocycles. The highest BCUT2D eigenvalue weighted by molar-refractivity contribution is 5.79. The van der Waals surface area contributed by atoms with Gasteiger partial charge in [-0.3, -0.25) is 4.79 Å². The lowest BCUT2D eigenvalue weighted by Gasteiger charge is -2.44. The third-order valence-electron chi connectivity index (χ3n) is 4.08. The molecular weight excluding hydrogens is 242 g/mol. The quantitative estimate of drug-likeness (QED) is 0.775. The van der Waals surface area contributed by atoms with E-state index >= 15 is 0 Å². The van der Waals surface area contributed by atoms with E-state index in [1.807, 2.05) is 0 Å². The molecule has 0 radical (unpaired) electrons. The van der Waals surface area contributed by atoms with Gasteiger partial charge in [0.05, 0.1) is 20.3 Å². The number of rotatable bonds is 3. The number of carbonyl (C=O) groups is 1. The number of benzene rings is 1. The highest BCUT2D eigenvalue weighted by atomic mass is 16.5. The maximum atomic E-state index is 12.0. The van der Waals surface area contributed by atoms with Crippen LogP contribution in [0.5, 0.6) is 0 Å². The van der Waals surface area contributed by atoms with Crippen LogP contribution in [0.2, 0.25) is 0 Å². The Bertz CT molecular complexity index is 482. The standard InChI is InChI=1S/C15H19NO3/c1-18-14(17)15(10-19-11-15)9-16-8-4-6-12-5-2-3-7-13(12)16/h2-3,5,7H,4,6,8-11H2,1H3. The molecule has 1 aromatic rings. The molecule has 0 bridgehead atoms. The average Bonchev–Trinajstić information content (AvgIpc) is 2.42. The molecular formula is C15H19NO3. The first-order valence-corrected chi connectivity index (χ1v) is 6.74. The van der Waals surface area contributed by atoms with Gasteiger partial charge in [-0.2, -0.15) is 0 Å². The number of aryl methyl sites for hydroxylation is 1. The predicted molar refractivity (Wildman–Crippen MR) is 72.2 cm³/mol. The van der Waals surface area contributed by atoms with Crippen molar-refractivity contribution in [3.63, 3.8) is 0 Å². The molecule has 0 spiro atoms. The monoisotopic (exact) mass is 261 g/mol.